The topological polar surface area (TPSA) is 90.8 Å². The Morgan fingerprint density at radius 2 is 1.95 bits per heavy atom. The van der Waals surface area contributed by atoms with E-state index in [4.69, 9.17) is 30.5 Å². The van der Waals surface area contributed by atoms with Gasteiger partial charge >= 0.3 is 12.7 Å². The molecular weight excluding hydrogens is 327 g/mol. The fraction of sp³-hybridized carbons (Fsp3) is 0.615. The number of rotatable bonds is 10. The van der Waals surface area contributed by atoms with Gasteiger partial charge in [0.15, 0.2) is 0 Å². The van der Waals surface area contributed by atoms with Crippen molar-refractivity contribution in [3.05, 3.63) is 17.6 Å². The highest BCUT2D eigenvalue weighted by atomic mass is 32.5. The Balaban J connectivity index is 2.83. The fourth-order valence-electron chi connectivity index (χ4n) is 1.68. The average Bonchev–Trinajstić information content (AvgIpc) is 2.37. The van der Waals surface area contributed by atoms with Crippen molar-refractivity contribution >= 4 is 24.5 Å². The first kappa shape index (κ1) is 19.0. The van der Waals surface area contributed by atoms with E-state index in [1.807, 2.05) is 13.8 Å². The summed E-state index contributed by atoms with van der Waals surface area (Å²) >= 11 is 5.30. The molecule has 9 heteroatoms. The van der Waals surface area contributed by atoms with Crippen LogP contribution in [0.15, 0.2) is 6.07 Å². The summed E-state index contributed by atoms with van der Waals surface area (Å²) in [6.45, 7) is 3.32. The first-order valence-corrected chi connectivity index (χ1v) is 9.59. The van der Waals surface area contributed by atoms with Crippen LogP contribution in [0.3, 0.4) is 0 Å². The van der Waals surface area contributed by atoms with Crippen LogP contribution >= 0.6 is 6.72 Å². The summed E-state index contributed by atoms with van der Waals surface area (Å²) in [6, 6.07) is 1.65. The van der Waals surface area contributed by atoms with Crippen LogP contribution in [0.5, 0.6) is 5.88 Å². The fourth-order valence-corrected chi connectivity index (χ4v) is 3.67. The first-order valence-electron chi connectivity index (χ1n) is 7.03. The SMILES string of the molecule is CCOP(=S)(OCC)Oc1cc(C)nc(CCCC(=O)O)n1. The predicted octanol–water partition coefficient (Wildman–Crippen LogP) is 2.87. The molecule has 0 aliphatic rings. The monoisotopic (exact) mass is 348 g/mol. The summed E-state index contributed by atoms with van der Waals surface area (Å²) in [7, 11) is 0. The quantitative estimate of drug-likeness (QED) is 0.646. The van der Waals surface area contributed by atoms with E-state index in [1.165, 1.54) is 0 Å². The number of aromatic nitrogens is 2. The lowest BCUT2D eigenvalue weighted by Crippen LogP contribution is -2.06. The molecule has 0 aromatic carbocycles. The minimum absolute atomic E-state index is 0.0728. The van der Waals surface area contributed by atoms with E-state index in [0.717, 1.165) is 0 Å². The molecule has 0 saturated heterocycles. The molecule has 0 fully saturated rings. The molecule has 1 aromatic rings. The molecule has 0 radical (unpaired) electrons. The highest BCUT2D eigenvalue weighted by Crippen LogP contribution is 2.49. The zero-order valence-electron chi connectivity index (χ0n) is 12.9. The van der Waals surface area contributed by atoms with Crippen LogP contribution in [0.25, 0.3) is 0 Å². The van der Waals surface area contributed by atoms with Crippen LogP contribution in [0.2, 0.25) is 0 Å². The van der Waals surface area contributed by atoms with Gasteiger partial charge in [-0.25, -0.2) is 4.98 Å². The lowest BCUT2D eigenvalue weighted by atomic mass is 10.2. The van der Waals surface area contributed by atoms with Gasteiger partial charge in [-0.3, -0.25) is 13.8 Å². The molecule has 124 valence electrons. The predicted molar refractivity (Wildman–Crippen MR) is 85.5 cm³/mol. The lowest BCUT2D eigenvalue weighted by molar-refractivity contribution is -0.137. The number of carbonyl (C=O) groups is 1. The minimum atomic E-state index is -2.87. The second kappa shape index (κ2) is 9.15. The highest BCUT2D eigenvalue weighted by Gasteiger charge is 2.22. The Bertz CT molecular complexity index is 545. The zero-order chi connectivity index (χ0) is 16.6. The molecule has 1 aromatic heterocycles. The maximum absolute atomic E-state index is 10.5. The number of carboxylic acid groups (broad SMARTS) is 1. The molecule has 0 aliphatic heterocycles. The Kier molecular flexibility index (Phi) is 7.89. The van der Waals surface area contributed by atoms with E-state index >= 15 is 0 Å². The zero-order valence-corrected chi connectivity index (χ0v) is 14.7. The summed E-state index contributed by atoms with van der Waals surface area (Å²) in [6.07, 6.45) is 0.989. The van der Waals surface area contributed by atoms with E-state index in [-0.39, 0.29) is 6.42 Å². The second-order valence-electron chi connectivity index (χ2n) is 4.39. The van der Waals surface area contributed by atoms with Crippen molar-refractivity contribution in [2.24, 2.45) is 0 Å². The molecule has 0 spiro atoms. The van der Waals surface area contributed by atoms with Gasteiger partial charge in [-0.1, -0.05) is 0 Å². The van der Waals surface area contributed by atoms with Gasteiger partial charge in [0.25, 0.3) is 0 Å². The number of carboxylic acids is 1. The third kappa shape index (κ3) is 6.79. The minimum Gasteiger partial charge on any atom is -0.481 e. The Hall–Kier alpha value is -1.08. The van der Waals surface area contributed by atoms with E-state index < -0.39 is 12.7 Å². The van der Waals surface area contributed by atoms with Gasteiger partial charge in [0, 0.05) is 36.4 Å². The maximum atomic E-state index is 10.5. The summed E-state index contributed by atoms with van der Waals surface area (Å²) < 4.78 is 16.5. The van der Waals surface area contributed by atoms with Crippen molar-refractivity contribution in [1.82, 2.24) is 9.97 Å². The summed E-state index contributed by atoms with van der Waals surface area (Å²) in [5.74, 6) is -0.0267. The number of hydrogen-bond acceptors (Lipinski definition) is 7. The maximum Gasteiger partial charge on any atom is 0.381 e. The van der Waals surface area contributed by atoms with Crippen molar-refractivity contribution < 1.29 is 23.5 Å². The van der Waals surface area contributed by atoms with E-state index in [2.05, 4.69) is 9.97 Å². The number of aryl methyl sites for hydroxylation is 2. The van der Waals surface area contributed by atoms with Crippen LogP contribution in [0.4, 0.5) is 0 Å². The number of hydrogen-bond donors (Lipinski definition) is 1. The van der Waals surface area contributed by atoms with Crippen molar-refractivity contribution in [3.63, 3.8) is 0 Å². The molecule has 22 heavy (non-hydrogen) atoms. The Morgan fingerprint density at radius 1 is 1.32 bits per heavy atom. The number of nitrogens with zero attached hydrogens (tertiary/aromatic N) is 2. The molecule has 1 N–H and O–H groups in total. The lowest BCUT2D eigenvalue weighted by Gasteiger charge is -2.20. The molecule has 1 heterocycles. The van der Waals surface area contributed by atoms with Crippen molar-refractivity contribution in [2.45, 2.75) is 40.0 Å². The van der Waals surface area contributed by atoms with E-state index in [1.54, 1.807) is 13.0 Å². The van der Waals surface area contributed by atoms with E-state index in [0.29, 0.717) is 43.5 Å². The molecule has 7 nitrogen and oxygen atoms in total. The normalized spacial score (nSPS) is 11.4. The van der Waals surface area contributed by atoms with Crippen LogP contribution in [0.1, 0.15) is 38.2 Å². The highest BCUT2D eigenvalue weighted by molar-refractivity contribution is 8.07. The largest absolute Gasteiger partial charge is 0.481 e. The van der Waals surface area contributed by atoms with Crippen molar-refractivity contribution in [2.75, 3.05) is 13.2 Å². The third-order valence-electron chi connectivity index (χ3n) is 2.45. The van der Waals surface area contributed by atoms with Gasteiger partial charge in [-0.2, -0.15) is 4.98 Å². The van der Waals surface area contributed by atoms with Gasteiger partial charge in [0.05, 0.1) is 13.2 Å². The average molecular weight is 348 g/mol. The molecule has 0 saturated carbocycles. The summed E-state index contributed by atoms with van der Waals surface area (Å²) in [4.78, 5) is 19.1. The standard InChI is InChI=1S/C13H21N2O5PS/c1-4-18-21(22,19-5-2)20-12-9-10(3)14-11(15-12)7-6-8-13(16)17/h9H,4-8H2,1-3H3,(H,16,17). The molecule has 1 rings (SSSR count). The van der Waals surface area contributed by atoms with Crippen LogP contribution < -0.4 is 4.52 Å². The Labute approximate surface area is 135 Å². The summed E-state index contributed by atoms with van der Waals surface area (Å²) in [5.41, 5.74) is 0.713. The molecule has 0 atom stereocenters. The Morgan fingerprint density at radius 3 is 2.50 bits per heavy atom. The molecule has 0 aliphatic carbocycles. The molecule has 0 amide bonds. The third-order valence-corrected chi connectivity index (χ3v) is 4.86. The first-order chi connectivity index (χ1) is 10.4. The van der Waals surface area contributed by atoms with Gasteiger partial charge < -0.3 is 9.63 Å². The van der Waals surface area contributed by atoms with Gasteiger partial charge in [0.2, 0.25) is 5.88 Å². The summed E-state index contributed by atoms with van der Waals surface area (Å²) in [5, 5.41) is 8.66. The van der Waals surface area contributed by atoms with Crippen LogP contribution in [0, 0.1) is 6.92 Å². The van der Waals surface area contributed by atoms with Gasteiger partial charge in [-0.05, 0) is 27.2 Å². The number of aliphatic carboxylic acids is 1. The molecular formula is C13H21N2O5PS. The second-order valence-corrected chi connectivity index (χ2v) is 7.32. The van der Waals surface area contributed by atoms with E-state index in [9.17, 15) is 4.79 Å². The van der Waals surface area contributed by atoms with Crippen molar-refractivity contribution in [3.8, 4) is 5.88 Å². The van der Waals surface area contributed by atoms with Crippen LogP contribution in [-0.4, -0.2) is 34.3 Å². The molecule has 0 unspecified atom stereocenters. The molecule has 0 bridgehead atoms. The van der Waals surface area contributed by atoms with Gasteiger partial charge in [0.1, 0.15) is 5.82 Å². The van der Waals surface area contributed by atoms with Crippen LogP contribution in [-0.2, 0) is 32.1 Å². The van der Waals surface area contributed by atoms with Gasteiger partial charge in [-0.15, -0.1) is 0 Å². The van der Waals surface area contributed by atoms with Crippen molar-refractivity contribution in [1.29, 1.82) is 0 Å². The smallest absolute Gasteiger partial charge is 0.381 e.